The topological polar surface area (TPSA) is 115 Å². The first kappa shape index (κ1) is 27.9. The van der Waals surface area contributed by atoms with Gasteiger partial charge in [0.2, 0.25) is 5.91 Å². The number of hydrogen-bond acceptors (Lipinski definition) is 6. The summed E-state index contributed by atoms with van der Waals surface area (Å²) in [6, 6.07) is 7.19. The van der Waals surface area contributed by atoms with E-state index in [1.165, 1.54) is 0 Å². The third-order valence-corrected chi connectivity index (χ3v) is 8.75. The molecule has 0 spiro atoms. The van der Waals surface area contributed by atoms with Crippen molar-refractivity contribution in [3.63, 3.8) is 0 Å². The fourth-order valence-electron chi connectivity index (χ4n) is 6.69. The van der Waals surface area contributed by atoms with Crippen LogP contribution in [0.15, 0.2) is 35.6 Å². The summed E-state index contributed by atoms with van der Waals surface area (Å²) >= 11 is 0. The zero-order chi connectivity index (χ0) is 29.1. The van der Waals surface area contributed by atoms with Crippen molar-refractivity contribution in [3.05, 3.63) is 58.0 Å². The Bertz CT molecular complexity index is 1440. The van der Waals surface area contributed by atoms with E-state index in [9.17, 15) is 19.5 Å². The average Bonchev–Trinajstić information content (AvgIpc) is 2.86. The second-order valence-electron chi connectivity index (χ2n) is 12.6. The van der Waals surface area contributed by atoms with E-state index in [1.807, 2.05) is 19.1 Å². The number of ether oxygens (including phenoxy) is 2. The van der Waals surface area contributed by atoms with E-state index >= 15 is 0 Å². The average molecular weight is 547 g/mol. The summed E-state index contributed by atoms with van der Waals surface area (Å²) in [5.74, 6) is -0.921. The van der Waals surface area contributed by atoms with Crippen molar-refractivity contribution >= 4 is 17.7 Å². The van der Waals surface area contributed by atoms with Crippen molar-refractivity contribution < 1.29 is 29.0 Å². The minimum Gasteiger partial charge on any atom is -0.496 e. The highest BCUT2D eigenvalue weighted by Gasteiger charge is 2.53. The van der Waals surface area contributed by atoms with Crippen LogP contribution in [0.4, 0.5) is 0 Å². The lowest BCUT2D eigenvalue weighted by molar-refractivity contribution is -0.139. The number of nitrogens with zero attached hydrogens (tertiary/aromatic N) is 1. The predicted molar refractivity (Wildman–Crippen MR) is 150 cm³/mol. The van der Waals surface area contributed by atoms with Gasteiger partial charge in [0.1, 0.15) is 17.6 Å². The number of allylic oxidation sites excluding steroid dienone is 2. The number of hydrogen-bond donors (Lipinski definition) is 2. The molecule has 5 rings (SSSR count). The predicted octanol–water partition coefficient (Wildman–Crippen LogP) is 5.36. The van der Waals surface area contributed by atoms with E-state index in [1.54, 1.807) is 26.2 Å². The second-order valence-corrected chi connectivity index (χ2v) is 12.6. The molecule has 0 unspecified atom stereocenters. The molecule has 1 fully saturated rings. The molecular formula is C32H38N2O6. The minimum absolute atomic E-state index is 0.0121. The van der Waals surface area contributed by atoms with Crippen LogP contribution in [0.3, 0.4) is 0 Å². The number of methoxy groups -OCH3 is 1. The molecule has 0 saturated carbocycles. The van der Waals surface area contributed by atoms with Gasteiger partial charge in [-0.25, -0.2) is 9.78 Å². The zero-order valence-electron chi connectivity index (χ0n) is 24.3. The molecule has 212 valence electrons. The van der Waals surface area contributed by atoms with Gasteiger partial charge in [0.15, 0.2) is 11.5 Å². The molecule has 40 heavy (non-hydrogen) atoms. The number of ketones is 1. The zero-order valence-corrected chi connectivity index (χ0v) is 24.3. The summed E-state index contributed by atoms with van der Waals surface area (Å²) in [7, 11) is 1.58. The van der Waals surface area contributed by atoms with Crippen molar-refractivity contribution in [1.29, 1.82) is 0 Å². The van der Waals surface area contributed by atoms with Crippen molar-refractivity contribution in [1.82, 2.24) is 10.3 Å². The number of benzene rings is 1. The van der Waals surface area contributed by atoms with Gasteiger partial charge in [0, 0.05) is 47.9 Å². The van der Waals surface area contributed by atoms with Crippen molar-refractivity contribution in [2.24, 2.45) is 17.3 Å². The number of carboxylic acids is 1. The molecule has 3 aliphatic rings. The standard InChI is InChI=1S/C32H38N2O6/c1-15(2)20-12-23-27(30(36)34-20)28(26-21(35)13-32(5,6)14-24(26)40-23)25-17(4)18(9-11-22(25)39-7)19-10-8-16(3)29(33-19)31(37)38/h8-11,15,20,23,27-28H,12-14H2,1-7H3,(H,34,36)(H,37,38)/t20-,23-,27-,28-/m0/s1. The van der Waals surface area contributed by atoms with Gasteiger partial charge >= 0.3 is 5.97 Å². The first-order valence-corrected chi connectivity index (χ1v) is 13.9. The quantitative estimate of drug-likeness (QED) is 0.519. The largest absolute Gasteiger partial charge is 0.496 e. The molecule has 1 saturated heterocycles. The van der Waals surface area contributed by atoms with Crippen LogP contribution in [-0.4, -0.2) is 47.0 Å². The van der Waals surface area contributed by atoms with Crippen LogP contribution >= 0.6 is 0 Å². The number of fused-ring (bicyclic) bond motifs is 1. The summed E-state index contributed by atoms with van der Waals surface area (Å²) in [6.45, 7) is 11.9. The van der Waals surface area contributed by atoms with Gasteiger partial charge in [-0.2, -0.15) is 0 Å². The van der Waals surface area contributed by atoms with Crippen molar-refractivity contribution in [3.8, 4) is 17.0 Å². The lowest BCUT2D eigenvalue weighted by Crippen LogP contribution is -2.57. The summed E-state index contributed by atoms with van der Waals surface area (Å²) in [6.07, 6.45) is 1.25. The van der Waals surface area contributed by atoms with Gasteiger partial charge in [-0.15, -0.1) is 0 Å². The number of carboxylic acid groups (broad SMARTS) is 1. The van der Waals surface area contributed by atoms with Crippen LogP contribution in [-0.2, 0) is 14.3 Å². The van der Waals surface area contributed by atoms with Gasteiger partial charge in [-0.05, 0) is 54.5 Å². The highest BCUT2D eigenvalue weighted by atomic mass is 16.5. The minimum atomic E-state index is -1.10. The van der Waals surface area contributed by atoms with Crippen LogP contribution in [0, 0.1) is 31.1 Å². The van der Waals surface area contributed by atoms with Gasteiger partial charge < -0.3 is 19.9 Å². The van der Waals surface area contributed by atoms with E-state index in [0.29, 0.717) is 47.6 Å². The van der Waals surface area contributed by atoms with E-state index in [0.717, 1.165) is 16.7 Å². The number of piperidine rings is 1. The Kier molecular flexibility index (Phi) is 7.01. The van der Waals surface area contributed by atoms with E-state index < -0.39 is 17.8 Å². The van der Waals surface area contributed by atoms with Gasteiger partial charge in [0.25, 0.3) is 0 Å². The van der Waals surface area contributed by atoms with Gasteiger partial charge in [0.05, 0.1) is 18.7 Å². The molecule has 1 amide bonds. The number of carbonyl (C=O) groups is 3. The highest BCUT2D eigenvalue weighted by Crippen LogP contribution is 2.54. The number of pyridine rings is 1. The third kappa shape index (κ3) is 4.67. The molecule has 8 heteroatoms. The number of rotatable bonds is 5. The molecular weight excluding hydrogens is 508 g/mol. The Hall–Kier alpha value is -3.68. The summed E-state index contributed by atoms with van der Waals surface area (Å²) in [5, 5.41) is 12.9. The molecule has 1 aliphatic carbocycles. The molecule has 8 nitrogen and oxygen atoms in total. The molecule has 3 heterocycles. The fourth-order valence-corrected chi connectivity index (χ4v) is 6.69. The number of aromatic nitrogens is 1. The maximum Gasteiger partial charge on any atom is 0.354 e. The Morgan fingerprint density at radius 3 is 2.52 bits per heavy atom. The summed E-state index contributed by atoms with van der Waals surface area (Å²) < 4.78 is 12.4. The lowest BCUT2D eigenvalue weighted by atomic mass is 9.64. The summed E-state index contributed by atoms with van der Waals surface area (Å²) in [5.41, 5.74) is 3.63. The van der Waals surface area contributed by atoms with Crippen LogP contribution in [0.2, 0.25) is 0 Å². The Labute approximate surface area is 235 Å². The third-order valence-electron chi connectivity index (χ3n) is 8.75. The van der Waals surface area contributed by atoms with Crippen LogP contribution in [0.5, 0.6) is 5.75 Å². The number of aryl methyl sites for hydroxylation is 1. The monoisotopic (exact) mass is 546 g/mol. The Morgan fingerprint density at radius 1 is 1.15 bits per heavy atom. The first-order valence-electron chi connectivity index (χ1n) is 13.9. The maximum atomic E-state index is 13.8. The van der Waals surface area contributed by atoms with Gasteiger partial charge in [-0.3, -0.25) is 9.59 Å². The van der Waals surface area contributed by atoms with Crippen molar-refractivity contribution in [2.45, 2.75) is 78.9 Å². The molecule has 2 N–H and O–H groups in total. The SMILES string of the molecule is COc1ccc(-c2ccc(C)c(C(=O)O)n2)c(C)c1[C@H]1C2=C(CC(C)(C)CC2=O)O[C@H]2C[C@@H](C(C)C)NC(=O)[C@@H]21. The smallest absolute Gasteiger partial charge is 0.354 e. The van der Waals surface area contributed by atoms with Crippen molar-refractivity contribution in [2.75, 3.05) is 7.11 Å². The van der Waals surface area contributed by atoms with E-state index in [2.05, 4.69) is 38.0 Å². The Morgan fingerprint density at radius 2 is 1.88 bits per heavy atom. The van der Waals surface area contributed by atoms with E-state index in [-0.39, 0.29) is 40.9 Å². The maximum absolute atomic E-state index is 13.8. The number of Topliss-reactive ketones (excluding diaryl/α,β-unsaturated/α-hetero) is 1. The molecule has 1 aromatic heterocycles. The number of amides is 1. The van der Waals surface area contributed by atoms with Crippen LogP contribution in [0.25, 0.3) is 11.3 Å². The normalized spacial score (nSPS) is 25.6. The number of aromatic carboxylic acids is 1. The molecule has 0 bridgehead atoms. The number of nitrogens with one attached hydrogen (secondary N) is 1. The molecule has 0 radical (unpaired) electrons. The second kappa shape index (κ2) is 10.1. The summed E-state index contributed by atoms with van der Waals surface area (Å²) in [4.78, 5) is 43.9. The molecule has 1 aromatic carbocycles. The molecule has 2 aliphatic heterocycles. The highest BCUT2D eigenvalue weighted by molar-refractivity contribution is 6.01. The first-order chi connectivity index (χ1) is 18.8. The van der Waals surface area contributed by atoms with Gasteiger partial charge in [-0.1, -0.05) is 33.8 Å². The Balaban J connectivity index is 1.74. The lowest BCUT2D eigenvalue weighted by Gasteiger charge is -2.48. The number of carbonyl (C=O) groups excluding carboxylic acids is 2. The molecule has 2 aromatic rings. The molecule has 4 atom stereocenters. The van der Waals surface area contributed by atoms with E-state index in [4.69, 9.17) is 9.47 Å². The fraction of sp³-hybridized carbons (Fsp3) is 0.500. The van der Waals surface area contributed by atoms with Crippen LogP contribution < -0.4 is 10.1 Å². The van der Waals surface area contributed by atoms with Crippen LogP contribution in [0.1, 0.15) is 80.1 Å².